The summed E-state index contributed by atoms with van der Waals surface area (Å²) in [4.78, 5) is 17.5. The first-order valence-corrected chi connectivity index (χ1v) is 10.6. The molecular weight excluding hydrogens is 436 g/mol. The van der Waals surface area contributed by atoms with Gasteiger partial charge in [0, 0.05) is 43.3 Å². The van der Waals surface area contributed by atoms with Gasteiger partial charge >= 0.3 is 6.01 Å². The van der Waals surface area contributed by atoms with Crippen LogP contribution in [0, 0.1) is 11.6 Å². The van der Waals surface area contributed by atoms with Gasteiger partial charge in [-0.3, -0.25) is 4.98 Å². The first kappa shape index (κ1) is 20.8. The molecule has 164 valence electrons. The highest BCUT2D eigenvalue weighted by Gasteiger charge is 2.24. The molecule has 0 atom stereocenters. The van der Waals surface area contributed by atoms with Crippen LogP contribution in [0.3, 0.4) is 0 Å². The number of pyridine rings is 1. The van der Waals surface area contributed by atoms with Gasteiger partial charge in [-0.05, 0) is 18.5 Å². The van der Waals surface area contributed by atoms with E-state index in [2.05, 4.69) is 31.8 Å². The van der Waals surface area contributed by atoms with Crippen LogP contribution in [0.15, 0.2) is 36.5 Å². The molecule has 5 rings (SSSR count). The number of hydrogen-bond donors (Lipinski definition) is 0. The van der Waals surface area contributed by atoms with Crippen molar-refractivity contribution in [3.63, 3.8) is 0 Å². The van der Waals surface area contributed by atoms with Gasteiger partial charge in [-0.15, -0.1) is 0 Å². The van der Waals surface area contributed by atoms with E-state index in [-0.39, 0.29) is 22.2 Å². The number of fused-ring (bicyclic) bond motifs is 2. The molecule has 0 N–H and O–H groups in total. The molecule has 0 amide bonds. The number of benzene rings is 2. The number of piperazine rings is 1. The van der Waals surface area contributed by atoms with Gasteiger partial charge in [-0.2, -0.15) is 9.97 Å². The highest BCUT2D eigenvalue weighted by Crippen LogP contribution is 2.38. The third-order valence-corrected chi connectivity index (χ3v) is 6.19. The second-order valence-electron chi connectivity index (χ2n) is 7.77. The van der Waals surface area contributed by atoms with Gasteiger partial charge in [0.25, 0.3) is 0 Å². The molecular formula is C23H20ClF2N5O. The Morgan fingerprint density at radius 1 is 1.03 bits per heavy atom. The van der Waals surface area contributed by atoms with E-state index in [9.17, 15) is 4.39 Å². The Balaban J connectivity index is 1.73. The van der Waals surface area contributed by atoms with Crippen LogP contribution >= 0.6 is 11.6 Å². The SMILES string of the molecule is COc1nc(N2CCN(C)CC2)c2cnc(-c3cccc4ccc(F)c(Cl)c34)c(F)c2n1. The zero-order valence-electron chi connectivity index (χ0n) is 17.6. The fourth-order valence-corrected chi connectivity index (χ4v) is 4.34. The summed E-state index contributed by atoms with van der Waals surface area (Å²) >= 11 is 6.26. The van der Waals surface area contributed by atoms with Gasteiger partial charge in [0.1, 0.15) is 22.8 Å². The van der Waals surface area contributed by atoms with Crippen molar-refractivity contribution in [1.82, 2.24) is 19.9 Å². The highest BCUT2D eigenvalue weighted by atomic mass is 35.5. The highest BCUT2D eigenvalue weighted by molar-refractivity contribution is 6.36. The number of aromatic nitrogens is 3. The van der Waals surface area contributed by atoms with Gasteiger partial charge in [-0.1, -0.05) is 35.9 Å². The van der Waals surface area contributed by atoms with Crippen LogP contribution < -0.4 is 9.64 Å². The van der Waals surface area contributed by atoms with Crippen molar-refractivity contribution in [3.8, 4) is 17.3 Å². The molecule has 0 spiro atoms. The van der Waals surface area contributed by atoms with E-state index in [0.717, 1.165) is 26.2 Å². The molecule has 0 aliphatic carbocycles. The Labute approximate surface area is 188 Å². The molecule has 9 heteroatoms. The van der Waals surface area contributed by atoms with E-state index in [1.165, 1.54) is 13.2 Å². The van der Waals surface area contributed by atoms with Crippen molar-refractivity contribution in [2.75, 3.05) is 45.2 Å². The fraction of sp³-hybridized carbons (Fsp3) is 0.261. The Kier molecular flexibility index (Phi) is 5.27. The van der Waals surface area contributed by atoms with Crippen molar-refractivity contribution < 1.29 is 13.5 Å². The summed E-state index contributed by atoms with van der Waals surface area (Å²) < 4.78 is 35.3. The molecule has 0 bridgehead atoms. The third-order valence-electron chi connectivity index (χ3n) is 5.82. The van der Waals surface area contributed by atoms with Crippen LogP contribution in [0.1, 0.15) is 0 Å². The minimum Gasteiger partial charge on any atom is -0.467 e. The molecule has 1 saturated heterocycles. The van der Waals surface area contributed by atoms with Crippen LogP contribution in [-0.4, -0.2) is 60.2 Å². The predicted molar refractivity (Wildman–Crippen MR) is 121 cm³/mol. The van der Waals surface area contributed by atoms with Crippen molar-refractivity contribution in [3.05, 3.63) is 53.2 Å². The van der Waals surface area contributed by atoms with E-state index in [1.54, 1.807) is 30.5 Å². The molecule has 0 unspecified atom stereocenters. The summed E-state index contributed by atoms with van der Waals surface area (Å²) in [5.41, 5.74) is 0.533. The molecule has 1 aliphatic rings. The van der Waals surface area contributed by atoms with E-state index >= 15 is 4.39 Å². The monoisotopic (exact) mass is 455 g/mol. The summed E-state index contributed by atoms with van der Waals surface area (Å²) in [6, 6.07) is 8.19. The average molecular weight is 456 g/mol. The zero-order valence-corrected chi connectivity index (χ0v) is 18.3. The van der Waals surface area contributed by atoms with Crippen molar-refractivity contribution in [1.29, 1.82) is 0 Å². The van der Waals surface area contributed by atoms with Crippen LogP contribution in [0.25, 0.3) is 32.9 Å². The average Bonchev–Trinajstić information content (AvgIpc) is 2.81. The lowest BCUT2D eigenvalue weighted by Crippen LogP contribution is -2.45. The summed E-state index contributed by atoms with van der Waals surface area (Å²) in [5, 5.41) is 1.51. The topological polar surface area (TPSA) is 54.4 Å². The number of ether oxygens (including phenoxy) is 1. The van der Waals surface area contributed by atoms with Gasteiger partial charge < -0.3 is 14.5 Å². The minimum atomic E-state index is -0.633. The Bertz CT molecular complexity index is 1340. The van der Waals surface area contributed by atoms with Crippen molar-refractivity contribution >= 4 is 39.1 Å². The summed E-state index contributed by atoms with van der Waals surface area (Å²) in [6.45, 7) is 3.21. The lowest BCUT2D eigenvalue weighted by molar-refractivity contribution is 0.311. The van der Waals surface area contributed by atoms with E-state index in [1.807, 2.05) is 0 Å². The maximum atomic E-state index is 15.9. The van der Waals surface area contributed by atoms with E-state index in [4.69, 9.17) is 16.3 Å². The van der Waals surface area contributed by atoms with Crippen LogP contribution in [0.5, 0.6) is 6.01 Å². The predicted octanol–water partition coefficient (Wildman–Crippen LogP) is 4.54. The Morgan fingerprint density at radius 3 is 2.56 bits per heavy atom. The molecule has 4 aromatic rings. The summed E-state index contributed by atoms with van der Waals surface area (Å²) in [5.74, 6) is -0.625. The fourth-order valence-electron chi connectivity index (χ4n) is 4.07. The molecule has 0 saturated carbocycles. The summed E-state index contributed by atoms with van der Waals surface area (Å²) in [6.07, 6.45) is 1.56. The number of hydrogen-bond acceptors (Lipinski definition) is 6. The molecule has 3 heterocycles. The molecule has 32 heavy (non-hydrogen) atoms. The lowest BCUT2D eigenvalue weighted by atomic mass is 10.0. The van der Waals surface area contributed by atoms with Gasteiger partial charge in [-0.25, -0.2) is 8.78 Å². The van der Waals surface area contributed by atoms with Gasteiger partial charge in [0.15, 0.2) is 5.82 Å². The molecule has 1 aliphatic heterocycles. The molecule has 2 aromatic heterocycles. The molecule has 1 fully saturated rings. The number of likely N-dealkylation sites (N-methyl/N-ethyl adjacent to an activating group) is 1. The Hall–Kier alpha value is -3.10. The minimum absolute atomic E-state index is 0.0423. The largest absolute Gasteiger partial charge is 0.467 e. The smallest absolute Gasteiger partial charge is 0.318 e. The maximum absolute atomic E-state index is 15.9. The van der Waals surface area contributed by atoms with E-state index in [0.29, 0.717) is 27.5 Å². The lowest BCUT2D eigenvalue weighted by Gasteiger charge is -2.33. The normalized spacial score (nSPS) is 15.0. The van der Waals surface area contributed by atoms with Crippen LogP contribution in [0.4, 0.5) is 14.6 Å². The van der Waals surface area contributed by atoms with Crippen molar-refractivity contribution in [2.24, 2.45) is 0 Å². The summed E-state index contributed by atoms with van der Waals surface area (Å²) in [7, 11) is 3.50. The third kappa shape index (κ3) is 3.40. The second-order valence-corrected chi connectivity index (χ2v) is 8.15. The molecule has 0 radical (unpaired) electrons. The number of anilines is 1. The number of rotatable bonds is 3. The van der Waals surface area contributed by atoms with Crippen molar-refractivity contribution in [2.45, 2.75) is 0 Å². The molecule has 6 nitrogen and oxygen atoms in total. The van der Waals surface area contributed by atoms with Gasteiger partial charge in [0.2, 0.25) is 0 Å². The van der Waals surface area contributed by atoms with Crippen LogP contribution in [-0.2, 0) is 0 Å². The quantitative estimate of drug-likeness (QED) is 0.452. The Morgan fingerprint density at radius 2 is 1.81 bits per heavy atom. The van der Waals surface area contributed by atoms with E-state index < -0.39 is 11.6 Å². The van der Waals surface area contributed by atoms with Crippen LogP contribution in [0.2, 0.25) is 5.02 Å². The van der Waals surface area contributed by atoms with Gasteiger partial charge in [0.05, 0.1) is 17.5 Å². The standard InChI is InChI=1S/C23H20ClF2N5O/c1-30-8-10-31(11-9-30)22-15-12-27-20(19(26)21(15)28-23(29-22)32-2)14-5-3-4-13-6-7-16(25)18(24)17(13)14/h3-7,12H,8-11H2,1-2H3. The number of halogens is 3. The first-order chi connectivity index (χ1) is 15.5. The maximum Gasteiger partial charge on any atom is 0.318 e. The number of methoxy groups -OCH3 is 1. The zero-order chi connectivity index (χ0) is 22.4. The molecule has 2 aromatic carbocycles. The number of nitrogens with zero attached hydrogens (tertiary/aromatic N) is 5. The first-order valence-electron chi connectivity index (χ1n) is 10.2. The second kappa shape index (κ2) is 8.11.